The zero-order chi connectivity index (χ0) is 21.5. The molecule has 0 spiro atoms. The van der Waals surface area contributed by atoms with E-state index in [-0.39, 0.29) is 11.9 Å². The number of carbonyl (C=O) groups excluding carboxylic acids is 1. The second kappa shape index (κ2) is 10.5. The first kappa shape index (κ1) is 22.2. The lowest BCUT2D eigenvalue weighted by molar-refractivity contribution is -0.116. The van der Waals surface area contributed by atoms with Crippen LogP contribution in [0, 0.1) is 6.92 Å². The maximum absolute atomic E-state index is 12.2. The maximum Gasteiger partial charge on any atom is 0.226 e. The fourth-order valence-corrected chi connectivity index (χ4v) is 3.73. The third kappa shape index (κ3) is 5.77. The van der Waals surface area contributed by atoms with Crippen molar-refractivity contribution in [3.8, 4) is 0 Å². The molecule has 0 saturated carbocycles. The van der Waals surface area contributed by atoms with Crippen molar-refractivity contribution in [2.45, 2.75) is 25.8 Å². The molecule has 3 rings (SSSR count). The zero-order valence-electron chi connectivity index (χ0n) is 17.1. The topological polar surface area (TPSA) is 81.6 Å². The van der Waals surface area contributed by atoms with Gasteiger partial charge in [-0.25, -0.2) is 4.98 Å². The van der Waals surface area contributed by atoms with Crippen molar-refractivity contribution in [2.24, 2.45) is 4.99 Å². The number of anilines is 2. The molecule has 1 atom stereocenters. The number of pyridine rings is 1. The SMILES string of the molecule is CN=C(NCCC(=O)Nc1cccc(Cl)c1C)NC1CCN(c2ncccc2Cl)C1. The quantitative estimate of drug-likeness (QED) is 0.465. The Kier molecular flexibility index (Phi) is 7.76. The van der Waals surface area contributed by atoms with Gasteiger partial charge in [0.25, 0.3) is 0 Å². The number of rotatable bonds is 6. The summed E-state index contributed by atoms with van der Waals surface area (Å²) in [5.41, 5.74) is 1.59. The van der Waals surface area contributed by atoms with Gasteiger partial charge < -0.3 is 20.9 Å². The van der Waals surface area contributed by atoms with Crippen molar-refractivity contribution in [3.63, 3.8) is 0 Å². The van der Waals surface area contributed by atoms with Crippen LogP contribution in [-0.4, -0.2) is 49.6 Å². The molecule has 1 unspecified atom stereocenters. The Morgan fingerprint density at radius 3 is 2.83 bits per heavy atom. The van der Waals surface area contributed by atoms with Gasteiger partial charge in [0.05, 0.1) is 5.02 Å². The molecule has 2 aromatic rings. The average molecular weight is 449 g/mol. The van der Waals surface area contributed by atoms with Crippen LogP contribution in [0.15, 0.2) is 41.5 Å². The number of nitrogens with zero attached hydrogens (tertiary/aromatic N) is 3. The number of hydrogen-bond acceptors (Lipinski definition) is 4. The summed E-state index contributed by atoms with van der Waals surface area (Å²) in [5.74, 6) is 1.39. The van der Waals surface area contributed by atoms with E-state index in [1.165, 1.54) is 0 Å². The minimum absolute atomic E-state index is 0.0832. The van der Waals surface area contributed by atoms with Gasteiger partial charge in [0.15, 0.2) is 5.96 Å². The third-order valence-corrected chi connectivity index (χ3v) is 5.68. The number of nitrogens with one attached hydrogen (secondary N) is 3. The largest absolute Gasteiger partial charge is 0.356 e. The molecule has 1 aliphatic heterocycles. The molecule has 7 nitrogen and oxygen atoms in total. The molecule has 30 heavy (non-hydrogen) atoms. The summed E-state index contributed by atoms with van der Waals surface area (Å²) >= 11 is 12.4. The lowest BCUT2D eigenvalue weighted by atomic mass is 10.2. The van der Waals surface area contributed by atoms with E-state index in [9.17, 15) is 4.79 Å². The van der Waals surface area contributed by atoms with Crippen LogP contribution in [-0.2, 0) is 4.79 Å². The molecule has 1 aliphatic rings. The summed E-state index contributed by atoms with van der Waals surface area (Å²) in [4.78, 5) is 23.0. The summed E-state index contributed by atoms with van der Waals surface area (Å²) < 4.78 is 0. The van der Waals surface area contributed by atoms with Gasteiger partial charge in [-0.05, 0) is 43.2 Å². The summed E-state index contributed by atoms with van der Waals surface area (Å²) in [5, 5.41) is 10.8. The van der Waals surface area contributed by atoms with Crippen molar-refractivity contribution in [3.05, 3.63) is 52.1 Å². The number of halogens is 2. The van der Waals surface area contributed by atoms with Crippen molar-refractivity contribution in [2.75, 3.05) is 36.9 Å². The van der Waals surface area contributed by atoms with Crippen LogP contribution in [0.5, 0.6) is 0 Å². The smallest absolute Gasteiger partial charge is 0.226 e. The normalized spacial score (nSPS) is 16.5. The van der Waals surface area contributed by atoms with Gasteiger partial charge in [0, 0.05) is 56.1 Å². The molecular weight excluding hydrogens is 423 g/mol. The van der Waals surface area contributed by atoms with E-state index in [2.05, 4.69) is 30.8 Å². The van der Waals surface area contributed by atoms with E-state index in [0.717, 1.165) is 36.6 Å². The van der Waals surface area contributed by atoms with Crippen LogP contribution >= 0.6 is 23.2 Å². The van der Waals surface area contributed by atoms with E-state index in [1.54, 1.807) is 19.3 Å². The van der Waals surface area contributed by atoms with Gasteiger partial charge >= 0.3 is 0 Å². The van der Waals surface area contributed by atoms with Gasteiger partial charge in [-0.2, -0.15) is 0 Å². The highest BCUT2D eigenvalue weighted by molar-refractivity contribution is 6.33. The molecule has 1 aromatic heterocycles. The van der Waals surface area contributed by atoms with E-state index in [0.29, 0.717) is 29.0 Å². The minimum Gasteiger partial charge on any atom is -0.356 e. The summed E-state index contributed by atoms with van der Waals surface area (Å²) in [7, 11) is 1.72. The zero-order valence-corrected chi connectivity index (χ0v) is 18.6. The molecule has 3 N–H and O–H groups in total. The number of carbonyl (C=O) groups is 1. The minimum atomic E-state index is -0.0832. The van der Waals surface area contributed by atoms with Crippen molar-refractivity contribution >= 4 is 46.6 Å². The van der Waals surface area contributed by atoms with E-state index >= 15 is 0 Å². The molecule has 0 aliphatic carbocycles. The highest BCUT2D eigenvalue weighted by Crippen LogP contribution is 2.26. The number of benzene rings is 1. The Morgan fingerprint density at radius 2 is 2.07 bits per heavy atom. The Hall–Kier alpha value is -2.51. The average Bonchev–Trinajstić information content (AvgIpc) is 3.19. The molecule has 9 heteroatoms. The Labute approximate surface area is 186 Å². The van der Waals surface area contributed by atoms with E-state index < -0.39 is 0 Å². The lowest BCUT2D eigenvalue weighted by Gasteiger charge is -2.20. The molecule has 1 aromatic carbocycles. The van der Waals surface area contributed by atoms with Crippen LogP contribution < -0.4 is 20.9 Å². The molecule has 1 amide bonds. The van der Waals surface area contributed by atoms with Crippen molar-refractivity contribution in [1.29, 1.82) is 0 Å². The standard InChI is InChI=1S/C21H26Cl2N6O/c1-14-16(22)5-3-7-18(14)28-19(30)8-11-26-21(24-2)27-15-9-12-29(13-15)20-17(23)6-4-10-25-20/h3-7,10,15H,8-9,11-13H2,1-2H3,(H,28,30)(H2,24,26,27). The van der Waals surface area contributed by atoms with Crippen molar-refractivity contribution < 1.29 is 4.79 Å². The van der Waals surface area contributed by atoms with Crippen LogP contribution in [0.2, 0.25) is 10.0 Å². The highest BCUT2D eigenvalue weighted by Gasteiger charge is 2.25. The number of guanidine groups is 1. The third-order valence-electron chi connectivity index (χ3n) is 4.98. The van der Waals surface area contributed by atoms with Crippen LogP contribution in [0.3, 0.4) is 0 Å². The number of hydrogen-bond donors (Lipinski definition) is 3. The number of aromatic nitrogens is 1. The van der Waals surface area contributed by atoms with E-state index in [1.807, 2.05) is 31.2 Å². The van der Waals surface area contributed by atoms with Crippen LogP contribution in [0.4, 0.5) is 11.5 Å². The first-order valence-electron chi connectivity index (χ1n) is 9.85. The van der Waals surface area contributed by atoms with Crippen molar-refractivity contribution in [1.82, 2.24) is 15.6 Å². The van der Waals surface area contributed by atoms with Gasteiger partial charge in [-0.3, -0.25) is 9.79 Å². The Morgan fingerprint density at radius 1 is 1.27 bits per heavy atom. The molecular formula is C21H26Cl2N6O. The molecule has 2 heterocycles. The maximum atomic E-state index is 12.2. The Balaban J connectivity index is 1.43. The molecule has 0 radical (unpaired) electrons. The predicted molar refractivity (Wildman–Crippen MR) is 124 cm³/mol. The molecule has 1 fully saturated rings. The fraction of sp³-hybridized carbons (Fsp3) is 0.381. The summed E-state index contributed by atoms with van der Waals surface area (Å²) in [6.45, 7) is 4.00. The summed E-state index contributed by atoms with van der Waals surface area (Å²) in [6.07, 6.45) is 3.01. The summed E-state index contributed by atoms with van der Waals surface area (Å²) in [6, 6.07) is 9.35. The number of amides is 1. The monoisotopic (exact) mass is 448 g/mol. The molecule has 0 bridgehead atoms. The van der Waals surface area contributed by atoms with Crippen LogP contribution in [0.1, 0.15) is 18.4 Å². The van der Waals surface area contributed by atoms with Crippen LogP contribution in [0.25, 0.3) is 0 Å². The van der Waals surface area contributed by atoms with Gasteiger partial charge in [0.1, 0.15) is 5.82 Å². The molecule has 1 saturated heterocycles. The van der Waals surface area contributed by atoms with Gasteiger partial charge in [0.2, 0.25) is 5.91 Å². The first-order chi connectivity index (χ1) is 14.5. The Bertz CT molecular complexity index is 920. The first-order valence-corrected chi connectivity index (χ1v) is 10.6. The number of aliphatic imine (C=N–C) groups is 1. The van der Waals surface area contributed by atoms with E-state index in [4.69, 9.17) is 23.2 Å². The second-order valence-corrected chi connectivity index (χ2v) is 7.91. The predicted octanol–water partition coefficient (Wildman–Crippen LogP) is 3.47. The second-order valence-electron chi connectivity index (χ2n) is 7.09. The van der Waals surface area contributed by atoms with Gasteiger partial charge in [-0.1, -0.05) is 29.3 Å². The highest BCUT2D eigenvalue weighted by atomic mass is 35.5. The lowest BCUT2D eigenvalue weighted by Crippen LogP contribution is -2.45. The van der Waals surface area contributed by atoms with Gasteiger partial charge in [-0.15, -0.1) is 0 Å². The fourth-order valence-electron chi connectivity index (χ4n) is 3.32. The molecule has 160 valence electrons.